The van der Waals surface area contributed by atoms with Gasteiger partial charge in [0.15, 0.2) is 0 Å². The number of aromatic amines is 1. The first-order chi connectivity index (χ1) is 6.09. The zero-order chi connectivity index (χ0) is 9.84. The van der Waals surface area contributed by atoms with Crippen LogP contribution in [0.2, 0.25) is 0 Å². The molecule has 0 aliphatic rings. The lowest BCUT2D eigenvalue weighted by Crippen LogP contribution is -2.23. The van der Waals surface area contributed by atoms with Crippen molar-refractivity contribution in [3.63, 3.8) is 0 Å². The zero-order valence-corrected chi connectivity index (χ0v) is 9.91. The lowest BCUT2D eigenvalue weighted by atomic mass is 10.3. The number of H-pyrrole nitrogens is 1. The van der Waals surface area contributed by atoms with Crippen molar-refractivity contribution in [1.29, 1.82) is 0 Å². The van der Waals surface area contributed by atoms with Crippen LogP contribution in [0.25, 0.3) is 0 Å². The second kappa shape index (κ2) is 4.62. The van der Waals surface area contributed by atoms with Crippen LogP contribution in [0, 0.1) is 0 Å². The first-order valence-electron chi connectivity index (χ1n) is 3.55. The average molecular weight is 308 g/mol. The second-order valence-electron chi connectivity index (χ2n) is 2.44. The first kappa shape index (κ1) is 10.5. The van der Waals surface area contributed by atoms with E-state index in [9.17, 15) is 4.79 Å². The quantitative estimate of drug-likeness (QED) is 0.885. The third kappa shape index (κ3) is 3.36. The highest BCUT2D eigenvalue weighted by molar-refractivity contribution is 9.11. The summed E-state index contributed by atoms with van der Waals surface area (Å²) in [4.78, 5) is 14.2. The van der Waals surface area contributed by atoms with Crippen LogP contribution in [0.4, 0.5) is 0 Å². The molecule has 1 rings (SSSR count). The fraction of sp³-hybridized carbons (Fsp3) is 0.125. The fourth-order valence-electron chi connectivity index (χ4n) is 0.776. The molecule has 0 spiro atoms. The molecule has 0 unspecified atom stereocenters. The van der Waals surface area contributed by atoms with Crippen LogP contribution >= 0.6 is 31.9 Å². The SMILES string of the molecule is C=C(Br)CNC(=O)c1c[nH]c(Br)c1. The molecule has 0 radical (unpaired) electrons. The Morgan fingerprint density at radius 1 is 1.69 bits per heavy atom. The van der Waals surface area contributed by atoms with Gasteiger partial charge in [0.25, 0.3) is 5.91 Å². The Bertz CT molecular complexity index is 333. The zero-order valence-electron chi connectivity index (χ0n) is 6.73. The van der Waals surface area contributed by atoms with Crippen molar-refractivity contribution >= 4 is 37.8 Å². The monoisotopic (exact) mass is 306 g/mol. The minimum absolute atomic E-state index is 0.123. The van der Waals surface area contributed by atoms with Gasteiger partial charge in [-0.2, -0.15) is 0 Å². The van der Waals surface area contributed by atoms with Crippen molar-refractivity contribution < 1.29 is 4.79 Å². The van der Waals surface area contributed by atoms with Gasteiger partial charge in [-0.25, -0.2) is 0 Å². The summed E-state index contributed by atoms with van der Waals surface area (Å²) in [6, 6.07) is 1.71. The van der Waals surface area contributed by atoms with Gasteiger partial charge >= 0.3 is 0 Å². The third-order valence-corrected chi connectivity index (χ3v) is 2.09. The number of carbonyl (C=O) groups excluding carboxylic acids is 1. The van der Waals surface area contributed by atoms with Crippen molar-refractivity contribution in [3.05, 3.63) is 33.5 Å². The summed E-state index contributed by atoms with van der Waals surface area (Å²) in [5, 5.41) is 2.69. The number of rotatable bonds is 3. The van der Waals surface area contributed by atoms with Crippen molar-refractivity contribution in [2.45, 2.75) is 0 Å². The van der Waals surface area contributed by atoms with Gasteiger partial charge in [-0.1, -0.05) is 22.5 Å². The van der Waals surface area contributed by atoms with E-state index in [-0.39, 0.29) is 5.91 Å². The largest absolute Gasteiger partial charge is 0.355 e. The molecule has 0 aliphatic carbocycles. The van der Waals surface area contributed by atoms with Gasteiger partial charge in [0.1, 0.15) is 0 Å². The molecule has 13 heavy (non-hydrogen) atoms. The average Bonchev–Trinajstić information content (AvgIpc) is 2.47. The van der Waals surface area contributed by atoms with Crippen LogP contribution in [0.1, 0.15) is 10.4 Å². The highest BCUT2D eigenvalue weighted by Crippen LogP contribution is 2.09. The molecule has 0 saturated carbocycles. The third-order valence-electron chi connectivity index (χ3n) is 1.35. The lowest BCUT2D eigenvalue weighted by molar-refractivity contribution is 0.0958. The molecule has 0 saturated heterocycles. The highest BCUT2D eigenvalue weighted by atomic mass is 79.9. The number of amides is 1. The van der Waals surface area contributed by atoms with Gasteiger partial charge in [0.05, 0.1) is 10.2 Å². The van der Waals surface area contributed by atoms with Gasteiger partial charge in [0, 0.05) is 17.2 Å². The van der Waals surface area contributed by atoms with Gasteiger partial charge in [0.2, 0.25) is 0 Å². The van der Waals surface area contributed by atoms with Crippen LogP contribution in [-0.4, -0.2) is 17.4 Å². The number of carbonyl (C=O) groups is 1. The normalized spacial score (nSPS) is 9.69. The van der Waals surface area contributed by atoms with Gasteiger partial charge in [-0.05, 0) is 22.0 Å². The molecule has 70 valence electrons. The smallest absolute Gasteiger partial charge is 0.253 e. The number of halogens is 2. The number of hydrogen-bond acceptors (Lipinski definition) is 1. The van der Waals surface area contributed by atoms with E-state index in [0.717, 1.165) is 9.09 Å². The van der Waals surface area contributed by atoms with Gasteiger partial charge in [-0.3, -0.25) is 4.79 Å². The van der Waals surface area contributed by atoms with E-state index in [1.54, 1.807) is 12.3 Å². The minimum Gasteiger partial charge on any atom is -0.355 e. The summed E-state index contributed by atoms with van der Waals surface area (Å²) >= 11 is 6.37. The summed E-state index contributed by atoms with van der Waals surface area (Å²) in [5.41, 5.74) is 0.598. The Hall–Kier alpha value is -0.550. The molecule has 1 aromatic heterocycles. The summed E-state index contributed by atoms with van der Waals surface area (Å²) in [5.74, 6) is -0.123. The molecule has 0 fully saturated rings. The van der Waals surface area contributed by atoms with E-state index >= 15 is 0 Å². The standard InChI is InChI=1S/C8H8Br2N2O/c1-5(9)3-12-8(13)6-2-7(10)11-4-6/h2,4,11H,1,3H2,(H,12,13). The predicted octanol–water partition coefficient (Wildman–Crippen LogP) is 2.42. The predicted molar refractivity (Wildman–Crippen MR) is 58.9 cm³/mol. The Balaban J connectivity index is 2.54. The minimum atomic E-state index is -0.123. The molecule has 1 aromatic rings. The van der Waals surface area contributed by atoms with Gasteiger partial charge < -0.3 is 10.3 Å². The van der Waals surface area contributed by atoms with Crippen molar-refractivity contribution in [2.24, 2.45) is 0 Å². The maximum Gasteiger partial charge on any atom is 0.253 e. The number of hydrogen-bond donors (Lipinski definition) is 2. The van der Waals surface area contributed by atoms with Crippen molar-refractivity contribution in [2.75, 3.05) is 6.54 Å². The molecule has 2 N–H and O–H groups in total. The van der Waals surface area contributed by atoms with Crippen LogP contribution < -0.4 is 5.32 Å². The summed E-state index contributed by atoms with van der Waals surface area (Å²) in [6.45, 7) is 4.04. The van der Waals surface area contributed by atoms with E-state index in [2.05, 4.69) is 48.7 Å². The maximum absolute atomic E-state index is 11.3. The van der Waals surface area contributed by atoms with E-state index < -0.39 is 0 Å². The number of aromatic nitrogens is 1. The lowest BCUT2D eigenvalue weighted by Gasteiger charge is -2.00. The van der Waals surface area contributed by atoms with Crippen molar-refractivity contribution in [3.8, 4) is 0 Å². The van der Waals surface area contributed by atoms with E-state index in [1.807, 2.05) is 0 Å². The molecule has 0 aromatic carbocycles. The fourth-order valence-corrected chi connectivity index (χ4v) is 1.28. The second-order valence-corrected chi connectivity index (χ2v) is 4.41. The van der Waals surface area contributed by atoms with Crippen molar-refractivity contribution in [1.82, 2.24) is 10.3 Å². The molecule has 5 heteroatoms. The molecule has 3 nitrogen and oxygen atoms in total. The summed E-state index contributed by atoms with van der Waals surface area (Å²) in [7, 11) is 0. The van der Waals surface area contributed by atoms with Gasteiger partial charge in [-0.15, -0.1) is 0 Å². The first-order valence-corrected chi connectivity index (χ1v) is 5.13. The molecular weight excluding hydrogens is 300 g/mol. The topological polar surface area (TPSA) is 44.9 Å². The maximum atomic E-state index is 11.3. The van der Waals surface area contributed by atoms with E-state index in [0.29, 0.717) is 12.1 Å². The molecule has 1 heterocycles. The summed E-state index contributed by atoms with van der Waals surface area (Å²) in [6.07, 6.45) is 1.64. The molecule has 1 amide bonds. The Kier molecular flexibility index (Phi) is 3.74. The van der Waals surface area contributed by atoms with Crippen LogP contribution in [0.15, 0.2) is 27.9 Å². The van der Waals surface area contributed by atoms with Crippen LogP contribution in [-0.2, 0) is 0 Å². The molecule has 0 aliphatic heterocycles. The molecular formula is C8H8Br2N2O. The highest BCUT2D eigenvalue weighted by Gasteiger charge is 2.06. The summed E-state index contributed by atoms with van der Waals surface area (Å²) < 4.78 is 1.53. The molecule has 0 atom stereocenters. The van der Waals surface area contributed by atoms with E-state index in [1.165, 1.54) is 0 Å². The van der Waals surface area contributed by atoms with Crippen LogP contribution in [0.3, 0.4) is 0 Å². The Labute approximate surface area is 92.9 Å². The Morgan fingerprint density at radius 3 is 2.85 bits per heavy atom. The number of nitrogens with one attached hydrogen (secondary N) is 2. The molecule has 0 bridgehead atoms. The van der Waals surface area contributed by atoms with E-state index in [4.69, 9.17) is 0 Å². The van der Waals surface area contributed by atoms with Crippen LogP contribution in [0.5, 0.6) is 0 Å². The Morgan fingerprint density at radius 2 is 2.38 bits per heavy atom.